The Morgan fingerprint density at radius 2 is 1.57 bits per heavy atom. The number of hydrogen-bond acceptors (Lipinski definition) is 2. The van der Waals surface area contributed by atoms with Crippen LogP contribution in [0.3, 0.4) is 0 Å². The molecule has 3 nitrogen and oxygen atoms in total. The van der Waals surface area contributed by atoms with Crippen molar-refractivity contribution in [3.05, 3.63) is 60.2 Å². The van der Waals surface area contributed by atoms with Gasteiger partial charge in [-0.1, -0.05) is 105 Å². The van der Waals surface area contributed by atoms with Crippen LogP contribution in [0.1, 0.15) is 44.6 Å². The third-order valence-corrected chi connectivity index (χ3v) is 11.6. The highest BCUT2D eigenvalue weighted by atomic mass is 32.2. The normalized spacial score (nSPS) is 13.4. The highest BCUT2D eigenvalue weighted by Gasteiger charge is 2.34. The molecule has 1 atom stereocenters. The van der Waals surface area contributed by atoms with Crippen LogP contribution in [0.4, 0.5) is 0 Å². The van der Waals surface area contributed by atoms with E-state index in [0.717, 1.165) is 18.4 Å². The number of benzene rings is 2. The van der Waals surface area contributed by atoms with Crippen LogP contribution in [0.5, 0.6) is 0 Å². The molecule has 2 rings (SSSR count). The average Bonchev–Trinajstić information content (AvgIpc) is 2.68. The summed E-state index contributed by atoms with van der Waals surface area (Å²) in [5.41, 5.74) is 1.43. The highest BCUT2D eigenvalue weighted by Crippen LogP contribution is 2.28. The average molecular weight is 418 g/mol. The van der Waals surface area contributed by atoms with Crippen molar-refractivity contribution >= 4 is 23.3 Å². The summed E-state index contributed by atoms with van der Waals surface area (Å²) in [6.45, 7) is 9.43. The van der Waals surface area contributed by atoms with Crippen molar-refractivity contribution in [3.8, 4) is 0 Å². The fraction of sp³-hybridized carbons (Fsp3) is 0.478. The third kappa shape index (κ3) is 6.29. The zero-order valence-electron chi connectivity index (χ0n) is 17.7. The van der Waals surface area contributed by atoms with E-state index in [9.17, 15) is 8.42 Å². The minimum atomic E-state index is -3.48. The van der Waals surface area contributed by atoms with Crippen molar-refractivity contribution in [2.75, 3.05) is 6.54 Å². The van der Waals surface area contributed by atoms with Crippen molar-refractivity contribution in [2.24, 2.45) is 0 Å². The highest BCUT2D eigenvalue weighted by molar-refractivity contribution is 7.89. The molecule has 0 heterocycles. The van der Waals surface area contributed by atoms with Gasteiger partial charge in [0.1, 0.15) is 0 Å². The number of nitrogens with one attached hydrogen (secondary N) is 1. The molecule has 5 heteroatoms. The molecule has 0 aliphatic heterocycles. The van der Waals surface area contributed by atoms with Crippen LogP contribution < -0.4 is 9.91 Å². The van der Waals surface area contributed by atoms with Crippen LogP contribution in [-0.2, 0) is 10.0 Å². The van der Waals surface area contributed by atoms with Gasteiger partial charge < -0.3 is 0 Å². The molecule has 154 valence electrons. The van der Waals surface area contributed by atoms with Crippen LogP contribution in [0, 0.1) is 6.92 Å². The third-order valence-electron chi connectivity index (χ3n) is 5.80. The number of sulfonamides is 1. The SMILES string of the molecule is CCCCCCC(CNS(=O)(=O)c1ccc(C)cc1)[Si](C)(C)c1ccccc1. The molecule has 0 aliphatic carbocycles. The Balaban J connectivity index is 2.16. The molecule has 0 amide bonds. The van der Waals surface area contributed by atoms with Crippen molar-refractivity contribution in [1.82, 2.24) is 4.72 Å². The molecule has 1 unspecified atom stereocenters. The van der Waals surface area contributed by atoms with Gasteiger partial charge in [0, 0.05) is 6.54 Å². The molecule has 0 radical (unpaired) electrons. The summed E-state index contributed by atoms with van der Waals surface area (Å²) >= 11 is 0. The van der Waals surface area contributed by atoms with Gasteiger partial charge in [-0.05, 0) is 24.6 Å². The second kappa shape index (κ2) is 10.4. The van der Waals surface area contributed by atoms with Crippen molar-refractivity contribution in [3.63, 3.8) is 0 Å². The Labute approximate surface area is 172 Å². The molecular formula is C23H35NO2SSi. The fourth-order valence-electron chi connectivity index (χ4n) is 3.65. The first kappa shape index (κ1) is 22.9. The summed E-state index contributed by atoms with van der Waals surface area (Å²) in [5, 5.41) is 1.39. The van der Waals surface area contributed by atoms with Crippen LogP contribution >= 0.6 is 0 Å². The largest absolute Gasteiger partial charge is 0.240 e. The predicted octanol–water partition coefficient (Wildman–Crippen LogP) is 5.23. The first-order valence-corrected chi connectivity index (χ1v) is 14.9. The molecule has 0 bridgehead atoms. The van der Waals surface area contributed by atoms with Crippen LogP contribution in [-0.4, -0.2) is 23.0 Å². The van der Waals surface area contributed by atoms with Gasteiger partial charge in [0.25, 0.3) is 0 Å². The zero-order chi connectivity index (χ0) is 20.6. The summed E-state index contributed by atoms with van der Waals surface area (Å²) in [7, 11) is -5.28. The summed E-state index contributed by atoms with van der Waals surface area (Å²) in [6.07, 6.45) is 5.91. The quantitative estimate of drug-likeness (QED) is 0.402. The van der Waals surface area contributed by atoms with E-state index in [1.807, 2.05) is 25.1 Å². The van der Waals surface area contributed by atoms with Gasteiger partial charge in [0.15, 0.2) is 0 Å². The molecule has 0 spiro atoms. The topological polar surface area (TPSA) is 46.2 Å². The van der Waals surface area contributed by atoms with Crippen molar-refractivity contribution in [1.29, 1.82) is 0 Å². The van der Waals surface area contributed by atoms with Gasteiger partial charge in [-0.3, -0.25) is 0 Å². The number of hydrogen-bond donors (Lipinski definition) is 1. The summed E-state index contributed by atoms with van der Waals surface area (Å²) in [4.78, 5) is 0.349. The summed E-state index contributed by atoms with van der Waals surface area (Å²) in [6, 6.07) is 17.7. The lowest BCUT2D eigenvalue weighted by atomic mass is 10.1. The molecule has 0 saturated heterocycles. The van der Waals surface area contributed by atoms with Gasteiger partial charge >= 0.3 is 0 Å². The Morgan fingerprint density at radius 3 is 2.18 bits per heavy atom. The second-order valence-corrected chi connectivity index (χ2v) is 14.9. The Bertz CT molecular complexity index is 817. The zero-order valence-corrected chi connectivity index (χ0v) is 19.6. The van der Waals surface area contributed by atoms with E-state index in [0.29, 0.717) is 17.0 Å². The molecule has 0 fully saturated rings. The van der Waals surface area contributed by atoms with E-state index in [1.54, 1.807) is 12.1 Å². The Morgan fingerprint density at radius 1 is 0.929 bits per heavy atom. The Kier molecular flexibility index (Phi) is 8.47. The first-order chi connectivity index (χ1) is 13.3. The Hall–Kier alpha value is -1.43. The van der Waals surface area contributed by atoms with E-state index in [4.69, 9.17) is 0 Å². The van der Waals surface area contributed by atoms with Gasteiger partial charge in [-0.15, -0.1) is 0 Å². The lowest BCUT2D eigenvalue weighted by molar-refractivity contribution is 0.563. The lowest BCUT2D eigenvalue weighted by Crippen LogP contribution is -2.49. The molecule has 28 heavy (non-hydrogen) atoms. The van der Waals surface area contributed by atoms with E-state index < -0.39 is 18.1 Å². The van der Waals surface area contributed by atoms with E-state index in [2.05, 4.69) is 49.0 Å². The predicted molar refractivity (Wildman–Crippen MR) is 122 cm³/mol. The maximum absolute atomic E-state index is 12.8. The molecule has 0 saturated carbocycles. The first-order valence-electron chi connectivity index (χ1n) is 10.4. The van der Waals surface area contributed by atoms with Gasteiger partial charge in [-0.2, -0.15) is 0 Å². The molecule has 2 aromatic rings. The minimum absolute atomic E-state index is 0.349. The molecule has 1 N–H and O–H groups in total. The van der Waals surface area contributed by atoms with E-state index in [1.165, 1.54) is 24.4 Å². The van der Waals surface area contributed by atoms with Crippen LogP contribution in [0.25, 0.3) is 0 Å². The second-order valence-electron chi connectivity index (χ2n) is 8.30. The molecule has 0 aromatic heterocycles. The number of aryl methyl sites for hydroxylation is 1. The van der Waals surface area contributed by atoms with Crippen LogP contribution in [0.2, 0.25) is 18.6 Å². The maximum atomic E-state index is 12.8. The minimum Gasteiger partial charge on any atom is -0.211 e. The van der Waals surface area contributed by atoms with Crippen LogP contribution in [0.15, 0.2) is 59.5 Å². The van der Waals surface area contributed by atoms with Gasteiger partial charge in [-0.25, -0.2) is 13.1 Å². The maximum Gasteiger partial charge on any atom is 0.240 e. The molecule has 2 aromatic carbocycles. The van der Waals surface area contributed by atoms with Gasteiger partial charge in [0.2, 0.25) is 10.0 Å². The fourth-order valence-corrected chi connectivity index (χ4v) is 7.94. The molecular weight excluding hydrogens is 382 g/mol. The summed E-state index contributed by atoms with van der Waals surface area (Å²) in [5.74, 6) is 0. The van der Waals surface area contributed by atoms with E-state index >= 15 is 0 Å². The number of rotatable bonds is 11. The number of unbranched alkanes of at least 4 members (excludes halogenated alkanes) is 3. The van der Waals surface area contributed by atoms with Gasteiger partial charge in [0.05, 0.1) is 13.0 Å². The van der Waals surface area contributed by atoms with Crippen molar-refractivity contribution in [2.45, 2.75) is 69.5 Å². The van der Waals surface area contributed by atoms with Crippen molar-refractivity contribution < 1.29 is 8.42 Å². The monoisotopic (exact) mass is 417 g/mol. The lowest BCUT2D eigenvalue weighted by Gasteiger charge is -2.33. The smallest absolute Gasteiger partial charge is 0.211 e. The molecule has 0 aliphatic rings. The van der Waals surface area contributed by atoms with E-state index in [-0.39, 0.29) is 0 Å². The summed E-state index contributed by atoms with van der Waals surface area (Å²) < 4.78 is 28.5. The standard InChI is InChI=1S/C23H35NO2SSi/c1-5-6-7-9-14-23(28(3,4)22-12-10-8-11-13-22)19-24-27(25,26)21-17-15-20(2)16-18-21/h8,10-13,15-18,23-24H,5-7,9,14,19H2,1-4H3.